The van der Waals surface area contributed by atoms with Gasteiger partial charge < -0.3 is 5.32 Å². The van der Waals surface area contributed by atoms with Gasteiger partial charge in [-0.2, -0.15) is 5.26 Å². The predicted molar refractivity (Wildman–Crippen MR) is 80.2 cm³/mol. The van der Waals surface area contributed by atoms with Crippen molar-refractivity contribution < 1.29 is 4.39 Å². The van der Waals surface area contributed by atoms with Gasteiger partial charge >= 0.3 is 0 Å². The Morgan fingerprint density at radius 1 is 1.33 bits per heavy atom. The summed E-state index contributed by atoms with van der Waals surface area (Å²) < 4.78 is 14.0. The Kier molecular flexibility index (Phi) is 4.23. The van der Waals surface area contributed by atoms with Crippen molar-refractivity contribution in [3.63, 3.8) is 0 Å². The molecule has 2 heterocycles. The minimum atomic E-state index is -0.204. The summed E-state index contributed by atoms with van der Waals surface area (Å²) in [7, 11) is 0. The maximum absolute atomic E-state index is 14.0. The first-order chi connectivity index (χ1) is 10.2. The number of hydrogen-bond donors (Lipinski definition) is 1. The van der Waals surface area contributed by atoms with Crippen LogP contribution in [0.3, 0.4) is 0 Å². The molecule has 0 aliphatic carbocycles. The van der Waals surface area contributed by atoms with Gasteiger partial charge in [0.15, 0.2) is 0 Å². The van der Waals surface area contributed by atoms with Gasteiger partial charge in [0.05, 0.1) is 11.6 Å². The molecule has 21 heavy (non-hydrogen) atoms. The number of nitrogens with zero attached hydrogens (tertiary/aromatic N) is 2. The molecule has 0 radical (unpaired) electrons. The lowest BCUT2D eigenvalue weighted by atomic mass is 9.97. The van der Waals surface area contributed by atoms with Crippen LogP contribution in [0.15, 0.2) is 18.2 Å². The topological polar surface area (TPSA) is 39.1 Å². The molecule has 3 nitrogen and oxygen atoms in total. The Hall–Kier alpha value is -1.44. The Morgan fingerprint density at radius 3 is 2.67 bits per heavy atom. The van der Waals surface area contributed by atoms with Crippen molar-refractivity contribution in [2.75, 3.05) is 6.54 Å². The van der Waals surface area contributed by atoms with Crippen molar-refractivity contribution in [1.82, 2.24) is 10.2 Å². The van der Waals surface area contributed by atoms with E-state index in [4.69, 9.17) is 5.26 Å². The second-order valence-corrected chi connectivity index (χ2v) is 6.24. The molecule has 112 valence electrons. The van der Waals surface area contributed by atoms with E-state index in [9.17, 15) is 4.39 Å². The van der Waals surface area contributed by atoms with Crippen LogP contribution in [0.25, 0.3) is 0 Å². The van der Waals surface area contributed by atoms with Crippen LogP contribution in [0.5, 0.6) is 0 Å². The van der Waals surface area contributed by atoms with Crippen LogP contribution < -0.4 is 5.32 Å². The third kappa shape index (κ3) is 3.09. The lowest BCUT2D eigenvalue weighted by Gasteiger charge is -2.37. The predicted octanol–water partition coefficient (Wildman–Crippen LogP) is 2.80. The van der Waals surface area contributed by atoms with Gasteiger partial charge in [-0.3, -0.25) is 4.90 Å². The Labute approximate surface area is 125 Å². The van der Waals surface area contributed by atoms with Gasteiger partial charge in [0.25, 0.3) is 0 Å². The normalized spacial score (nSPS) is 27.8. The summed E-state index contributed by atoms with van der Waals surface area (Å²) in [6, 6.07) is 8.54. The first-order valence-electron chi connectivity index (χ1n) is 7.88. The zero-order chi connectivity index (χ0) is 14.8. The molecular weight excluding hydrogens is 265 g/mol. The van der Waals surface area contributed by atoms with Crippen LogP contribution in [0, 0.1) is 17.1 Å². The van der Waals surface area contributed by atoms with Gasteiger partial charge in [-0.1, -0.05) is 6.92 Å². The van der Waals surface area contributed by atoms with Crippen molar-refractivity contribution in [3.8, 4) is 6.07 Å². The third-order valence-electron chi connectivity index (χ3n) is 4.92. The molecule has 2 atom stereocenters. The monoisotopic (exact) mass is 287 g/mol. The van der Waals surface area contributed by atoms with E-state index >= 15 is 0 Å². The van der Waals surface area contributed by atoms with Crippen LogP contribution in [-0.2, 0) is 6.54 Å². The van der Waals surface area contributed by atoms with E-state index in [1.807, 2.05) is 0 Å². The van der Waals surface area contributed by atoms with Gasteiger partial charge in [0, 0.05) is 30.2 Å². The van der Waals surface area contributed by atoms with E-state index in [0.29, 0.717) is 35.8 Å². The van der Waals surface area contributed by atoms with E-state index in [0.717, 1.165) is 19.4 Å². The Bertz CT molecular complexity index is 539. The van der Waals surface area contributed by atoms with Crippen molar-refractivity contribution in [2.45, 2.75) is 57.3 Å². The molecule has 0 aromatic heterocycles. The Balaban J connectivity index is 1.74. The summed E-state index contributed by atoms with van der Waals surface area (Å²) in [5, 5.41) is 12.6. The van der Waals surface area contributed by atoms with Crippen molar-refractivity contribution in [1.29, 1.82) is 5.26 Å². The number of fused-ring (bicyclic) bond motifs is 2. The van der Waals surface area contributed by atoms with Gasteiger partial charge in [-0.15, -0.1) is 0 Å². The largest absolute Gasteiger partial charge is 0.311 e. The highest BCUT2D eigenvalue weighted by atomic mass is 19.1. The first-order valence-corrected chi connectivity index (χ1v) is 7.88. The summed E-state index contributed by atoms with van der Waals surface area (Å²) in [6.45, 7) is 3.65. The molecular formula is C17H22FN3. The number of rotatable bonds is 4. The molecule has 2 bridgehead atoms. The molecule has 1 N–H and O–H groups in total. The van der Waals surface area contributed by atoms with E-state index in [-0.39, 0.29) is 5.82 Å². The fourth-order valence-corrected chi connectivity index (χ4v) is 3.81. The smallest absolute Gasteiger partial charge is 0.127 e. The second-order valence-electron chi connectivity index (χ2n) is 6.24. The molecule has 4 heteroatoms. The Morgan fingerprint density at radius 2 is 2.05 bits per heavy atom. The number of nitriles is 1. The second kappa shape index (κ2) is 6.13. The lowest BCUT2D eigenvalue weighted by molar-refractivity contribution is 0.139. The molecule has 1 aromatic carbocycles. The van der Waals surface area contributed by atoms with E-state index in [1.165, 1.54) is 18.9 Å². The van der Waals surface area contributed by atoms with Crippen molar-refractivity contribution in [2.24, 2.45) is 0 Å². The number of hydrogen-bond acceptors (Lipinski definition) is 3. The summed E-state index contributed by atoms with van der Waals surface area (Å²) in [4.78, 5) is 2.37. The molecule has 1 aromatic rings. The minimum Gasteiger partial charge on any atom is -0.311 e. The highest BCUT2D eigenvalue weighted by molar-refractivity contribution is 5.33. The minimum absolute atomic E-state index is 0.204. The number of benzene rings is 1. The number of nitrogens with one attached hydrogen (secondary N) is 1. The fourth-order valence-electron chi connectivity index (χ4n) is 3.81. The summed E-state index contributed by atoms with van der Waals surface area (Å²) in [6.07, 6.45) is 4.86. The summed E-state index contributed by atoms with van der Waals surface area (Å²) in [5.74, 6) is -0.204. The first kappa shape index (κ1) is 14.5. The average molecular weight is 287 g/mol. The number of halogens is 1. The van der Waals surface area contributed by atoms with Gasteiger partial charge in [-0.05, 0) is 50.4 Å². The molecule has 2 saturated heterocycles. The number of piperidine rings is 1. The van der Waals surface area contributed by atoms with Crippen LogP contribution in [0.4, 0.5) is 4.39 Å². The third-order valence-corrected chi connectivity index (χ3v) is 4.92. The molecule has 0 amide bonds. The zero-order valence-electron chi connectivity index (χ0n) is 12.5. The lowest BCUT2D eigenvalue weighted by Crippen LogP contribution is -2.48. The van der Waals surface area contributed by atoms with Crippen molar-refractivity contribution >= 4 is 0 Å². The zero-order valence-corrected chi connectivity index (χ0v) is 12.5. The molecule has 3 rings (SSSR count). The van der Waals surface area contributed by atoms with Gasteiger partial charge in [0.1, 0.15) is 5.82 Å². The molecule has 0 saturated carbocycles. The average Bonchev–Trinajstić information content (AvgIpc) is 2.84. The molecule has 0 spiro atoms. The van der Waals surface area contributed by atoms with E-state index in [2.05, 4.69) is 23.2 Å². The van der Waals surface area contributed by atoms with E-state index in [1.54, 1.807) is 12.1 Å². The fraction of sp³-hybridized carbons (Fsp3) is 0.588. The van der Waals surface area contributed by atoms with Crippen LogP contribution in [0.1, 0.15) is 43.7 Å². The highest BCUT2D eigenvalue weighted by Crippen LogP contribution is 2.30. The SMILES string of the molecule is CCN(Cc1cc(C#N)ccc1F)C1CC2CCC(C1)N2. The van der Waals surface area contributed by atoms with E-state index < -0.39 is 0 Å². The molecule has 2 unspecified atom stereocenters. The van der Waals surface area contributed by atoms with Crippen LogP contribution >= 0.6 is 0 Å². The van der Waals surface area contributed by atoms with Crippen LogP contribution in [0.2, 0.25) is 0 Å². The van der Waals surface area contributed by atoms with Gasteiger partial charge in [0.2, 0.25) is 0 Å². The molecule has 2 aliphatic rings. The summed E-state index contributed by atoms with van der Waals surface area (Å²) >= 11 is 0. The quantitative estimate of drug-likeness (QED) is 0.925. The van der Waals surface area contributed by atoms with Crippen LogP contribution in [-0.4, -0.2) is 29.6 Å². The molecule has 2 fully saturated rings. The van der Waals surface area contributed by atoms with Crippen molar-refractivity contribution in [3.05, 3.63) is 35.1 Å². The standard InChI is InChI=1S/C17H22FN3/c1-2-21(16-8-14-4-5-15(9-16)20-14)11-13-7-12(10-19)3-6-17(13)18/h3,6-7,14-16,20H,2,4-5,8-9,11H2,1H3. The summed E-state index contributed by atoms with van der Waals surface area (Å²) in [5.41, 5.74) is 1.18. The maximum atomic E-state index is 14.0. The van der Waals surface area contributed by atoms with Gasteiger partial charge in [-0.25, -0.2) is 4.39 Å². The highest BCUT2D eigenvalue weighted by Gasteiger charge is 2.35. The maximum Gasteiger partial charge on any atom is 0.127 e. The molecule has 2 aliphatic heterocycles.